The summed E-state index contributed by atoms with van der Waals surface area (Å²) in [6, 6.07) is 16.9. The number of anilines is 2. The third-order valence-electron chi connectivity index (χ3n) is 3.45. The Hall–Kier alpha value is -2.03. The van der Waals surface area contributed by atoms with E-state index in [0.717, 1.165) is 13.1 Å². The van der Waals surface area contributed by atoms with Crippen molar-refractivity contribution >= 4 is 11.4 Å². The van der Waals surface area contributed by atoms with E-state index in [2.05, 4.69) is 59.2 Å². The zero-order valence-electron chi connectivity index (χ0n) is 10.9. The van der Waals surface area contributed by atoms with E-state index in [1.807, 2.05) is 0 Å². The highest BCUT2D eigenvalue weighted by atomic mass is 19.0. The summed E-state index contributed by atoms with van der Waals surface area (Å²) in [5.74, 6) is 0. The Morgan fingerprint density at radius 2 is 1.05 bits per heavy atom. The van der Waals surface area contributed by atoms with Crippen molar-refractivity contribution < 1.29 is 4.70 Å². The van der Waals surface area contributed by atoms with Crippen LogP contribution in [0.4, 0.5) is 16.1 Å². The number of hydrogen-bond acceptors (Lipinski definition) is 2. The average Bonchev–Trinajstić information content (AvgIpc) is 3.08. The lowest BCUT2D eigenvalue weighted by Crippen LogP contribution is -1.90. The van der Waals surface area contributed by atoms with Crippen LogP contribution in [-0.2, 0) is 12.8 Å². The van der Waals surface area contributed by atoms with E-state index in [-0.39, 0.29) is 4.70 Å². The molecule has 0 spiro atoms. The Bertz CT molecular complexity index is 444. The van der Waals surface area contributed by atoms with E-state index in [1.165, 1.54) is 35.3 Å². The first kappa shape index (κ1) is 13.4. The first-order chi connectivity index (χ1) is 8.93. The zero-order chi connectivity index (χ0) is 12.2. The second-order valence-electron chi connectivity index (χ2n) is 4.67. The molecule has 2 heterocycles. The Kier molecular flexibility index (Phi) is 4.39. The minimum Gasteiger partial charge on any atom is -0.384 e. The third-order valence-corrected chi connectivity index (χ3v) is 3.45. The van der Waals surface area contributed by atoms with Crippen LogP contribution >= 0.6 is 0 Å². The average molecular weight is 258 g/mol. The van der Waals surface area contributed by atoms with Gasteiger partial charge in [-0.05, 0) is 36.1 Å². The Morgan fingerprint density at radius 1 is 0.632 bits per heavy atom. The topological polar surface area (TPSA) is 24.1 Å². The molecule has 0 bridgehead atoms. The van der Waals surface area contributed by atoms with E-state index >= 15 is 0 Å². The molecule has 0 saturated carbocycles. The summed E-state index contributed by atoms with van der Waals surface area (Å²) in [5.41, 5.74) is 5.55. The van der Waals surface area contributed by atoms with Crippen molar-refractivity contribution in [2.45, 2.75) is 12.8 Å². The van der Waals surface area contributed by atoms with Gasteiger partial charge < -0.3 is 10.6 Å². The van der Waals surface area contributed by atoms with Crippen LogP contribution in [0.3, 0.4) is 0 Å². The lowest BCUT2D eigenvalue weighted by molar-refractivity contribution is 1.11. The molecule has 19 heavy (non-hydrogen) atoms. The minimum absolute atomic E-state index is 0. The van der Waals surface area contributed by atoms with Crippen molar-refractivity contribution in [1.29, 1.82) is 0 Å². The van der Waals surface area contributed by atoms with Crippen molar-refractivity contribution in [1.82, 2.24) is 0 Å². The van der Waals surface area contributed by atoms with Crippen LogP contribution in [0.5, 0.6) is 0 Å². The van der Waals surface area contributed by atoms with Crippen molar-refractivity contribution in [2.24, 2.45) is 0 Å². The Labute approximate surface area is 113 Å². The molecule has 2 aliphatic heterocycles. The number of nitrogens with one attached hydrogen (secondary N) is 2. The number of benzene rings is 2. The fourth-order valence-corrected chi connectivity index (χ4v) is 2.49. The summed E-state index contributed by atoms with van der Waals surface area (Å²) in [5, 5.41) is 6.60. The van der Waals surface area contributed by atoms with E-state index in [9.17, 15) is 0 Å². The molecular weight excluding hydrogens is 239 g/mol. The molecule has 0 fully saturated rings. The highest BCUT2D eigenvalue weighted by molar-refractivity contribution is 5.55. The molecule has 0 radical (unpaired) electrons. The normalized spacial score (nSPS) is 13.9. The molecule has 100 valence electrons. The fourth-order valence-electron chi connectivity index (χ4n) is 2.49. The van der Waals surface area contributed by atoms with Crippen molar-refractivity contribution in [3.05, 3.63) is 59.7 Å². The van der Waals surface area contributed by atoms with Gasteiger partial charge in [-0.15, -0.1) is 0 Å². The van der Waals surface area contributed by atoms with Crippen molar-refractivity contribution in [2.75, 3.05) is 23.7 Å². The number of halogens is 1. The number of para-hydroxylation sites is 2. The summed E-state index contributed by atoms with van der Waals surface area (Å²) in [4.78, 5) is 0. The van der Waals surface area contributed by atoms with Gasteiger partial charge in [-0.3, -0.25) is 4.70 Å². The van der Waals surface area contributed by atoms with Gasteiger partial charge in [0.2, 0.25) is 0 Å². The van der Waals surface area contributed by atoms with Crippen molar-refractivity contribution in [3.63, 3.8) is 0 Å². The first-order valence-corrected chi connectivity index (χ1v) is 6.57. The third kappa shape index (κ3) is 3.05. The number of rotatable bonds is 0. The van der Waals surface area contributed by atoms with Gasteiger partial charge in [0, 0.05) is 24.5 Å². The summed E-state index contributed by atoms with van der Waals surface area (Å²) in [6.07, 6.45) is 2.38. The van der Waals surface area contributed by atoms with Crippen LogP contribution in [0.2, 0.25) is 0 Å². The predicted octanol–water partition coefficient (Wildman–Crippen LogP) is 3.46. The lowest BCUT2D eigenvalue weighted by Gasteiger charge is -1.94. The molecule has 4 rings (SSSR count). The van der Waals surface area contributed by atoms with Gasteiger partial charge in [0.1, 0.15) is 0 Å². The fraction of sp³-hybridized carbons (Fsp3) is 0.250. The predicted molar refractivity (Wildman–Crippen MR) is 79.8 cm³/mol. The molecule has 2 aromatic rings. The maximum atomic E-state index is 3.30. The lowest BCUT2D eigenvalue weighted by atomic mass is 10.2. The molecule has 0 aliphatic carbocycles. The molecule has 0 amide bonds. The smallest absolute Gasteiger partial charge is 0.0373 e. The number of hydrogen-bond donors (Lipinski definition) is 2. The van der Waals surface area contributed by atoms with Gasteiger partial charge in [-0.25, -0.2) is 0 Å². The molecular formula is C16H19FN2. The molecule has 0 atom stereocenters. The van der Waals surface area contributed by atoms with E-state index < -0.39 is 0 Å². The van der Waals surface area contributed by atoms with Crippen LogP contribution in [-0.4, -0.2) is 13.1 Å². The monoisotopic (exact) mass is 258 g/mol. The second-order valence-corrected chi connectivity index (χ2v) is 4.67. The molecule has 2 aromatic carbocycles. The Morgan fingerprint density at radius 3 is 1.47 bits per heavy atom. The van der Waals surface area contributed by atoms with Gasteiger partial charge in [-0.2, -0.15) is 0 Å². The summed E-state index contributed by atoms with van der Waals surface area (Å²) in [6.45, 7) is 2.22. The van der Waals surface area contributed by atoms with Gasteiger partial charge in [0.25, 0.3) is 0 Å². The second kappa shape index (κ2) is 6.23. The van der Waals surface area contributed by atoms with Crippen LogP contribution in [0.25, 0.3) is 0 Å². The van der Waals surface area contributed by atoms with Gasteiger partial charge in [-0.1, -0.05) is 36.4 Å². The van der Waals surface area contributed by atoms with E-state index in [0.29, 0.717) is 0 Å². The SMILES string of the molecule is F.c1ccc2c(c1)CCN2.c1ccc2c(c1)CCN2. The first-order valence-electron chi connectivity index (χ1n) is 6.57. The highest BCUT2D eigenvalue weighted by Gasteiger charge is 2.06. The summed E-state index contributed by atoms with van der Waals surface area (Å²) >= 11 is 0. The number of fused-ring (bicyclic) bond motifs is 2. The van der Waals surface area contributed by atoms with Crippen LogP contribution in [0, 0.1) is 0 Å². The highest BCUT2D eigenvalue weighted by Crippen LogP contribution is 2.20. The molecule has 0 aromatic heterocycles. The van der Waals surface area contributed by atoms with Crippen LogP contribution < -0.4 is 10.6 Å². The molecule has 0 unspecified atom stereocenters. The van der Waals surface area contributed by atoms with Gasteiger partial charge >= 0.3 is 0 Å². The summed E-state index contributed by atoms with van der Waals surface area (Å²) < 4.78 is 0. The van der Waals surface area contributed by atoms with Crippen LogP contribution in [0.1, 0.15) is 11.1 Å². The molecule has 0 saturated heterocycles. The molecule has 2 nitrogen and oxygen atoms in total. The largest absolute Gasteiger partial charge is 0.384 e. The van der Waals surface area contributed by atoms with Gasteiger partial charge in [0.15, 0.2) is 0 Å². The Balaban J connectivity index is 0.000000133. The quantitative estimate of drug-likeness (QED) is 0.756. The zero-order valence-corrected chi connectivity index (χ0v) is 10.9. The summed E-state index contributed by atoms with van der Waals surface area (Å²) in [7, 11) is 0. The van der Waals surface area contributed by atoms with E-state index in [1.54, 1.807) is 0 Å². The van der Waals surface area contributed by atoms with E-state index in [4.69, 9.17) is 0 Å². The standard InChI is InChI=1S/2C8H9N.FH/c2*1-2-4-8-7(3-1)5-6-9-8;/h2*1-4,9H,5-6H2;1H. The van der Waals surface area contributed by atoms with Crippen molar-refractivity contribution in [3.8, 4) is 0 Å². The molecule has 2 N–H and O–H groups in total. The maximum Gasteiger partial charge on any atom is 0.0373 e. The van der Waals surface area contributed by atoms with Crippen LogP contribution in [0.15, 0.2) is 48.5 Å². The maximum absolute atomic E-state index is 3.30. The minimum atomic E-state index is 0. The molecule has 3 heteroatoms. The molecule has 2 aliphatic rings. The van der Waals surface area contributed by atoms with Gasteiger partial charge in [0.05, 0.1) is 0 Å².